The average molecular weight is 386 g/mol. The van der Waals surface area contributed by atoms with Gasteiger partial charge in [-0.05, 0) is 38.1 Å². The van der Waals surface area contributed by atoms with E-state index in [9.17, 15) is 9.59 Å². The molecule has 0 atom stereocenters. The van der Waals surface area contributed by atoms with E-state index in [4.69, 9.17) is 4.74 Å². The van der Waals surface area contributed by atoms with Gasteiger partial charge in [-0.1, -0.05) is 28.1 Å². The molecule has 0 fully saturated rings. The number of carbonyl (C=O) groups is 2. The maximum absolute atomic E-state index is 11.9. The van der Waals surface area contributed by atoms with Gasteiger partial charge in [0.2, 0.25) is 0 Å². The van der Waals surface area contributed by atoms with E-state index in [0.29, 0.717) is 13.1 Å². The molecule has 6 heteroatoms. The molecule has 0 bridgehead atoms. The SMILES string of the molecule is C=C(C)CN(CC)C(=O)COC(=O)CSc1ccc(Br)cc1. The number of amides is 1. The van der Waals surface area contributed by atoms with Crippen molar-refractivity contribution < 1.29 is 14.3 Å². The fourth-order valence-corrected chi connectivity index (χ4v) is 2.61. The Morgan fingerprint density at radius 3 is 2.50 bits per heavy atom. The Hall–Kier alpha value is -1.27. The zero-order chi connectivity index (χ0) is 16.5. The second-order valence-corrected chi connectivity index (χ2v) is 6.73. The quantitative estimate of drug-likeness (QED) is 0.390. The van der Waals surface area contributed by atoms with Crippen LogP contribution in [0.3, 0.4) is 0 Å². The van der Waals surface area contributed by atoms with Crippen LogP contribution in [-0.4, -0.2) is 42.2 Å². The number of hydrogen-bond donors (Lipinski definition) is 0. The van der Waals surface area contributed by atoms with Crippen molar-refractivity contribution in [2.24, 2.45) is 0 Å². The Morgan fingerprint density at radius 2 is 1.95 bits per heavy atom. The average Bonchev–Trinajstić information content (AvgIpc) is 2.49. The van der Waals surface area contributed by atoms with Crippen molar-refractivity contribution in [2.75, 3.05) is 25.4 Å². The lowest BCUT2D eigenvalue weighted by atomic mass is 10.3. The van der Waals surface area contributed by atoms with Crippen molar-refractivity contribution in [2.45, 2.75) is 18.7 Å². The Labute approximate surface area is 144 Å². The predicted molar refractivity (Wildman–Crippen MR) is 92.9 cm³/mol. The standard InChI is InChI=1S/C16H20BrNO3S/c1-4-18(9-12(2)3)15(19)10-21-16(20)11-22-14-7-5-13(17)6-8-14/h5-8H,2,4,9-11H2,1,3H3. The lowest BCUT2D eigenvalue weighted by molar-refractivity contribution is -0.149. The molecule has 1 rings (SSSR count). The van der Waals surface area contributed by atoms with Crippen LogP contribution in [-0.2, 0) is 14.3 Å². The first-order valence-corrected chi connectivity index (χ1v) is 8.66. The highest BCUT2D eigenvalue weighted by atomic mass is 79.9. The molecule has 4 nitrogen and oxygen atoms in total. The first-order chi connectivity index (χ1) is 10.4. The van der Waals surface area contributed by atoms with Crippen LogP contribution in [0.15, 0.2) is 45.8 Å². The fraction of sp³-hybridized carbons (Fsp3) is 0.375. The van der Waals surface area contributed by atoms with Gasteiger partial charge in [0.15, 0.2) is 6.61 Å². The van der Waals surface area contributed by atoms with E-state index in [1.54, 1.807) is 4.90 Å². The molecule has 1 aromatic rings. The summed E-state index contributed by atoms with van der Waals surface area (Å²) in [6.07, 6.45) is 0. The Bertz CT molecular complexity index is 531. The van der Waals surface area contributed by atoms with Crippen molar-refractivity contribution >= 4 is 39.6 Å². The molecule has 0 unspecified atom stereocenters. The Morgan fingerprint density at radius 1 is 1.32 bits per heavy atom. The molecule has 1 amide bonds. The van der Waals surface area contributed by atoms with Crippen molar-refractivity contribution in [3.63, 3.8) is 0 Å². The summed E-state index contributed by atoms with van der Waals surface area (Å²) >= 11 is 4.73. The van der Waals surface area contributed by atoms with E-state index in [-0.39, 0.29) is 18.3 Å². The monoisotopic (exact) mass is 385 g/mol. The van der Waals surface area contributed by atoms with Gasteiger partial charge >= 0.3 is 5.97 Å². The molecule has 0 aliphatic carbocycles. The second-order valence-electron chi connectivity index (χ2n) is 4.77. The van der Waals surface area contributed by atoms with Crippen LogP contribution >= 0.6 is 27.7 Å². The topological polar surface area (TPSA) is 46.6 Å². The zero-order valence-electron chi connectivity index (χ0n) is 12.8. The van der Waals surface area contributed by atoms with Crippen molar-refractivity contribution in [3.05, 3.63) is 40.9 Å². The molecule has 0 heterocycles. The molecule has 0 aliphatic heterocycles. The highest BCUT2D eigenvalue weighted by molar-refractivity contribution is 9.10. The summed E-state index contributed by atoms with van der Waals surface area (Å²) in [4.78, 5) is 26.2. The zero-order valence-corrected chi connectivity index (χ0v) is 15.2. The number of ether oxygens (including phenoxy) is 1. The molecule has 1 aromatic carbocycles. The predicted octanol–water partition coefficient (Wildman–Crippen LogP) is 3.51. The van der Waals surface area contributed by atoms with E-state index in [2.05, 4.69) is 22.5 Å². The van der Waals surface area contributed by atoms with Gasteiger partial charge in [-0.25, -0.2) is 0 Å². The van der Waals surface area contributed by atoms with Crippen LogP contribution in [0.5, 0.6) is 0 Å². The number of hydrogen-bond acceptors (Lipinski definition) is 4. The summed E-state index contributed by atoms with van der Waals surface area (Å²) < 4.78 is 6.01. The molecule has 0 saturated heterocycles. The third-order valence-electron chi connectivity index (χ3n) is 2.72. The summed E-state index contributed by atoms with van der Waals surface area (Å²) in [5.74, 6) is -0.415. The van der Waals surface area contributed by atoms with Gasteiger partial charge in [-0.2, -0.15) is 0 Å². The molecule has 0 saturated carbocycles. The summed E-state index contributed by atoms with van der Waals surface area (Å²) in [6.45, 7) is 8.35. The Balaban J connectivity index is 2.34. The van der Waals surface area contributed by atoms with Crippen molar-refractivity contribution in [3.8, 4) is 0 Å². The Kier molecular flexibility index (Phi) is 8.27. The van der Waals surface area contributed by atoms with E-state index >= 15 is 0 Å². The van der Waals surface area contributed by atoms with Crippen molar-refractivity contribution in [1.82, 2.24) is 4.90 Å². The number of rotatable bonds is 8. The minimum Gasteiger partial charge on any atom is -0.455 e. The fourth-order valence-electron chi connectivity index (χ4n) is 1.65. The normalized spacial score (nSPS) is 10.1. The molecule has 0 aliphatic rings. The first-order valence-electron chi connectivity index (χ1n) is 6.88. The summed E-state index contributed by atoms with van der Waals surface area (Å²) in [7, 11) is 0. The van der Waals surface area contributed by atoms with Crippen LogP contribution in [0.4, 0.5) is 0 Å². The van der Waals surface area contributed by atoms with Gasteiger partial charge in [0.25, 0.3) is 5.91 Å². The van der Waals surface area contributed by atoms with Gasteiger partial charge in [0.05, 0.1) is 5.75 Å². The smallest absolute Gasteiger partial charge is 0.316 e. The maximum Gasteiger partial charge on any atom is 0.316 e. The summed E-state index contributed by atoms with van der Waals surface area (Å²) in [6, 6.07) is 7.65. The summed E-state index contributed by atoms with van der Waals surface area (Å²) in [5, 5.41) is 0. The number of halogens is 1. The van der Waals surface area contributed by atoms with Crippen LogP contribution < -0.4 is 0 Å². The lowest BCUT2D eigenvalue weighted by Gasteiger charge is -2.20. The van der Waals surface area contributed by atoms with Gasteiger partial charge in [-0.3, -0.25) is 9.59 Å². The molecular weight excluding hydrogens is 366 g/mol. The van der Waals surface area contributed by atoms with E-state index in [1.807, 2.05) is 38.1 Å². The lowest BCUT2D eigenvalue weighted by Crippen LogP contribution is -2.35. The van der Waals surface area contributed by atoms with Gasteiger partial charge in [-0.15, -0.1) is 11.8 Å². The minimum atomic E-state index is -0.396. The second kappa shape index (κ2) is 9.69. The maximum atomic E-state index is 11.9. The number of likely N-dealkylation sites (N-methyl/N-ethyl adjacent to an activating group) is 1. The van der Waals surface area contributed by atoms with Gasteiger partial charge in [0, 0.05) is 22.5 Å². The third-order valence-corrected chi connectivity index (χ3v) is 4.24. The number of thioether (sulfide) groups is 1. The largest absolute Gasteiger partial charge is 0.455 e. The van der Waals surface area contributed by atoms with Crippen molar-refractivity contribution in [1.29, 1.82) is 0 Å². The minimum absolute atomic E-state index is 0.182. The molecule has 0 spiro atoms. The van der Waals surface area contributed by atoms with Gasteiger partial charge in [0.1, 0.15) is 0 Å². The number of esters is 1. The molecular formula is C16H20BrNO3S. The summed E-state index contributed by atoms with van der Waals surface area (Å²) in [5.41, 5.74) is 0.896. The first kappa shape index (κ1) is 18.8. The van der Waals surface area contributed by atoms with E-state index in [1.165, 1.54) is 11.8 Å². The van der Waals surface area contributed by atoms with Crippen LogP contribution in [0.2, 0.25) is 0 Å². The number of carbonyl (C=O) groups excluding carboxylic acids is 2. The highest BCUT2D eigenvalue weighted by Crippen LogP contribution is 2.20. The highest BCUT2D eigenvalue weighted by Gasteiger charge is 2.14. The molecule has 0 radical (unpaired) electrons. The molecule has 120 valence electrons. The van der Waals surface area contributed by atoms with Crippen LogP contribution in [0.1, 0.15) is 13.8 Å². The number of nitrogens with zero attached hydrogens (tertiary/aromatic N) is 1. The third kappa shape index (κ3) is 7.13. The molecule has 0 N–H and O–H groups in total. The van der Waals surface area contributed by atoms with Gasteiger partial charge < -0.3 is 9.64 Å². The number of benzene rings is 1. The van der Waals surface area contributed by atoms with E-state index < -0.39 is 5.97 Å². The van der Waals surface area contributed by atoms with E-state index in [0.717, 1.165) is 14.9 Å². The van der Waals surface area contributed by atoms with Crippen LogP contribution in [0.25, 0.3) is 0 Å². The van der Waals surface area contributed by atoms with Crippen LogP contribution in [0, 0.1) is 0 Å². The molecule has 0 aromatic heterocycles. The molecule has 22 heavy (non-hydrogen) atoms.